The van der Waals surface area contributed by atoms with Gasteiger partial charge >= 0.3 is 0 Å². The molecule has 0 aliphatic rings. The Morgan fingerprint density at radius 1 is 1.64 bits per heavy atom. The topological polar surface area (TPSA) is 64.0 Å². The first-order valence-electron chi connectivity index (χ1n) is 4.04. The SMILES string of the molecule is Cn1ccnc1CCNS(=O)(=O)CBr. The first-order valence-corrected chi connectivity index (χ1v) is 6.82. The Morgan fingerprint density at radius 2 is 2.36 bits per heavy atom. The molecule has 0 aliphatic heterocycles. The van der Waals surface area contributed by atoms with Crippen LogP contribution in [-0.2, 0) is 23.5 Å². The summed E-state index contributed by atoms with van der Waals surface area (Å²) in [6.07, 6.45) is 4.11. The van der Waals surface area contributed by atoms with Gasteiger partial charge in [0.15, 0.2) is 0 Å². The monoisotopic (exact) mass is 281 g/mol. The van der Waals surface area contributed by atoms with Gasteiger partial charge < -0.3 is 4.57 Å². The van der Waals surface area contributed by atoms with Gasteiger partial charge in [-0.1, -0.05) is 15.9 Å². The molecule has 0 amide bonds. The van der Waals surface area contributed by atoms with E-state index in [1.165, 1.54) is 0 Å². The highest BCUT2D eigenvalue weighted by Gasteiger charge is 2.07. The van der Waals surface area contributed by atoms with Crippen LogP contribution in [0, 0.1) is 0 Å². The van der Waals surface area contributed by atoms with Gasteiger partial charge in [0.1, 0.15) is 10.5 Å². The molecule has 0 bridgehead atoms. The number of aromatic nitrogens is 2. The maximum absolute atomic E-state index is 11.0. The smallest absolute Gasteiger partial charge is 0.221 e. The Bertz CT molecular complexity index is 387. The molecule has 5 nitrogen and oxygen atoms in total. The fraction of sp³-hybridized carbons (Fsp3) is 0.571. The van der Waals surface area contributed by atoms with Gasteiger partial charge in [-0.15, -0.1) is 0 Å². The molecule has 0 saturated carbocycles. The molecular weight excluding hydrogens is 270 g/mol. The van der Waals surface area contributed by atoms with Crippen molar-refractivity contribution in [3.63, 3.8) is 0 Å². The van der Waals surface area contributed by atoms with Crippen molar-refractivity contribution in [2.45, 2.75) is 6.42 Å². The van der Waals surface area contributed by atoms with Gasteiger partial charge in [0, 0.05) is 32.4 Å². The summed E-state index contributed by atoms with van der Waals surface area (Å²) in [6, 6.07) is 0. The maximum Gasteiger partial charge on any atom is 0.221 e. The number of nitrogens with zero attached hydrogens (tertiary/aromatic N) is 2. The van der Waals surface area contributed by atoms with Crippen molar-refractivity contribution in [1.82, 2.24) is 14.3 Å². The first-order chi connectivity index (χ1) is 6.55. The molecule has 1 heterocycles. The zero-order valence-electron chi connectivity index (χ0n) is 7.77. The lowest BCUT2D eigenvalue weighted by Crippen LogP contribution is -2.27. The highest BCUT2D eigenvalue weighted by molar-refractivity contribution is 9.10. The normalized spacial score (nSPS) is 11.9. The minimum absolute atomic E-state index is 0.0689. The third-order valence-electron chi connectivity index (χ3n) is 1.74. The van der Waals surface area contributed by atoms with Crippen molar-refractivity contribution >= 4 is 26.0 Å². The number of halogens is 1. The van der Waals surface area contributed by atoms with Crippen LogP contribution in [0.15, 0.2) is 12.4 Å². The van der Waals surface area contributed by atoms with E-state index in [9.17, 15) is 8.42 Å². The zero-order valence-corrected chi connectivity index (χ0v) is 10.2. The summed E-state index contributed by atoms with van der Waals surface area (Å²) in [5.41, 5.74) is 0. The lowest BCUT2D eigenvalue weighted by molar-refractivity contribution is 0.585. The molecule has 0 radical (unpaired) electrons. The molecule has 0 saturated heterocycles. The molecule has 0 aromatic carbocycles. The van der Waals surface area contributed by atoms with Crippen LogP contribution < -0.4 is 4.72 Å². The molecule has 1 aromatic heterocycles. The van der Waals surface area contributed by atoms with E-state index in [0.29, 0.717) is 13.0 Å². The lowest BCUT2D eigenvalue weighted by atomic mass is 10.4. The predicted molar refractivity (Wildman–Crippen MR) is 57.6 cm³/mol. The standard InChI is InChI=1S/C7H12BrN3O2S/c1-11-5-4-9-7(11)2-3-10-14(12,13)6-8/h4-5,10H,2-3,6H2,1H3. The van der Waals surface area contributed by atoms with Crippen molar-refractivity contribution in [3.05, 3.63) is 18.2 Å². The van der Waals surface area contributed by atoms with E-state index in [2.05, 4.69) is 25.6 Å². The summed E-state index contributed by atoms with van der Waals surface area (Å²) in [5.74, 6) is 0.863. The summed E-state index contributed by atoms with van der Waals surface area (Å²) in [5, 5.41) is 0. The fourth-order valence-electron chi connectivity index (χ4n) is 0.994. The van der Waals surface area contributed by atoms with E-state index >= 15 is 0 Å². The van der Waals surface area contributed by atoms with Crippen LogP contribution in [0.1, 0.15) is 5.82 Å². The Kier molecular flexibility index (Phi) is 4.09. The molecule has 0 unspecified atom stereocenters. The average Bonchev–Trinajstić information content (AvgIpc) is 2.52. The minimum Gasteiger partial charge on any atom is -0.338 e. The van der Waals surface area contributed by atoms with Gasteiger partial charge in [0.2, 0.25) is 10.0 Å². The number of hydrogen-bond acceptors (Lipinski definition) is 3. The molecule has 0 aliphatic carbocycles. The Labute approximate surface area is 91.7 Å². The molecule has 1 aromatic rings. The maximum atomic E-state index is 11.0. The molecule has 1 rings (SSSR count). The molecule has 0 fully saturated rings. The summed E-state index contributed by atoms with van der Waals surface area (Å²) in [6.45, 7) is 0.374. The Balaban J connectivity index is 2.40. The van der Waals surface area contributed by atoms with E-state index in [4.69, 9.17) is 0 Å². The number of nitrogens with one attached hydrogen (secondary N) is 1. The lowest BCUT2D eigenvalue weighted by Gasteiger charge is -2.03. The molecule has 14 heavy (non-hydrogen) atoms. The minimum atomic E-state index is -3.16. The number of imidazole rings is 1. The number of aryl methyl sites for hydroxylation is 1. The van der Waals surface area contributed by atoms with Crippen molar-refractivity contribution in [1.29, 1.82) is 0 Å². The van der Waals surface area contributed by atoms with Crippen molar-refractivity contribution in [3.8, 4) is 0 Å². The summed E-state index contributed by atoms with van der Waals surface area (Å²) in [4.78, 5) is 4.08. The van der Waals surface area contributed by atoms with Crippen LogP contribution in [0.2, 0.25) is 0 Å². The first kappa shape index (κ1) is 11.7. The van der Waals surface area contributed by atoms with Crippen molar-refractivity contribution < 1.29 is 8.42 Å². The van der Waals surface area contributed by atoms with Crippen LogP contribution in [0.3, 0.4) is 0 Å². The largest absolute Gasteiger partial charge is 0.338 e. The highest BCUT2D eigenvalue weighted by atomic mass is 79.9. The summed E-state index contributed by atoms with van der Waals surface area (Å²) < 4.78 is 26.3. The molecule has 7 heteroatoms. The van der Waals surface area contributed by atoms with Crippen LogP contribution in [0.25, 0.3) is 0 Å². The highest BCUT2D eigenvalue weighted by Crippen LogP contribution is 1.96. The van der Waals surface area contributed by atoms with Crippen molar-refractivity contribution in [2.75, 3.05) is 11.2 Å². The zero-order chi connectivity index (χ0) is 10.6. The fourth-order valence-corrected chi connectivity index (χ4v) is 1.97. The van der Waals surface area contributed by atoms with E-state index in [-0.39, 0.29) is 4.66 Å². The molecule has 80 valence electrons. The van der Waals surface area contributed by atoms with Gasteiger partial charge in [0.05, 0.1) is 0 Å². The second-order valence-corrected chi connectivity index (χ2v) is 5.93. The number of hydrogen-bond donors (Lipinski definition) is 1. The average molecular weight is 282 g/mol. The quantitative estimate of drug-likeness (QED) is 0.787. The number of rotatable bonds is 5. The van der Waals surface area contributed by atoms with Gasteiger partial charge in [-0.2, -0.15) is 0 Å². The Hall–Kier alpha value is -0.400. The van der Waals surface area contributed by atoms with Crippen LogP contribution in [-0.4, -0.2) is 29.2 Å². The van der Waals surface area contributed by atoms with Crippen molar-refractivity contribution in [2.24, 2.45) is 7.05 Å². The molecule has 0 atom stereocenters. The molecule has 0 spiro atoms. The van der Waals surface area contributed by atoms with Gasteiger partial charge in [0.25, 0.3) is 0 Å². The van der Waals surface area contributed by atoms with Crippen LogP contribution >= 0.6 is 15.9 Å². The van der Waals surface area contributed by atoms with Gasteiger partial charge in [-0.25, -0.2) is 18.1 Å². The summed E-state index contributed by atoms with van der Waals surface area (Å²) in [7, 11) is -1.28. The van der Waals surface area contributed by atoms with Crippen LogP contribution in [0.4, 0.5) is 0 Å². The third-order valence-corrected chi connectivity index (χ3v) is 4.47. The molecule has 1 N–H and O–H groups in total. The number of alkyl halides is 1. The van der Waals surface area contributed by atoms with E-state index < -0.39 is 10.0 Å². The van der Waals surface area contributed by atoms with E-state index in [1.54, 1.807) is 6.20 Å². The van der Waals surface area contributed by atoms with Crippen LogP contribution in [0.5, 0.6) is 0 Å². The Morgan fingerprint density at radius 3 is 2.86 bits per heavy atom. The predicted octanol–water partition coefficient (Wildman–Crippen LogP) is 0.234. The second kappa shape index (κ2) is 4.90. The number of sulfonamides is 1. The van der Waals surface area contributed by atoms with Gasteiger partial charge in [-0.3, -0.25) is 0 Å². The second-order valence-electron chi connectivity index (χ2n) is 2.82. The molecular formula is C7H12BrN3O2S. The van der Waals surface area contributed by atoms with E-state index in [0.717, 1.165) is 5.82 Å². The third kappa shape index (κ3) is 3.39. The van der Waals surface area contributed by atoms with Gasteiger partial charge in [-0.05, 0) is 0 Å². The van der Waals surface area contributed by atoms with E-state index in [1.807, 2.05) is 17.8 Å². The summed E-state index contributed by atoms with van der Waals surface area (Å²) >= 11 is 2.89.